The van der Waals surface area contributed by atoms with Crippen molar-refractivity contribution in [1.82, 2.24) is 25.8 Å². The molecule has 9 heteroatoms. The van der Waals surface area contributed by atoms with Gasteiger partial charge in [0, 0.05) is 39.3 Å². The van der Waals surface area contributed by atoms with Crippen LogP contribution in [0, 0.1) is 0 Å². The molecule has 0 unspecified atom stereocenters. The number of nitrogens with zero attached hydrogens (tertiary/aromatic N) is 3. The Hall–Kier alpha value is -1.19. The molecular weight excluding hydrogens is 500 g/mol. The molecule has 0 saturated carbocycles. The molecule has 1 saturated heterocycles. The molecule has 1 rings (SSSR count). The second-order valence-electron chi connectivity index (χ2n) is 10.5. The van der Waals surface area contributed by atoms with E-state index in [2.05, 4.69) is 49.7 Å². The van der Waals surface area contributed by atoms with Gasteiger partial charge in [-0.05, 0) is 45.6 Å². The highest BCUT2D eigenvalue weighted by Crippen LogP contribution is 2.10. The molecule has 0 aliphatic carbocycles. The molecule has 2 amide bonds. The number of nitrogens with one attached hydrogen (secondary N) is 3. The summed E-state index contributed by atoms with van der Waals surface area (Å²) in [5.41, 5.74) is 0. The van der Waals surface area contributed by atoms with Gasteiger partial charge < -0.3 is 20.8 Å². The maximum Gasteiger partial charge on any atom is 0.243 e. The Morgan fingerprint density at radius 2 is 1.39 bits per heavy atom. The summed E-state index contributed by atoms with van der Waals surface area (Å²) in [6, 6.07) is -0.598. The van der Waals surface area contributed by atoms with E-state index in [0.29, 0.717) is 26.1 Å². The number of allylic oxidation sites excluding steroid dienone is 2. The lowest BCUT2D eigenvalue weighted by atomic mass is 10.1. The lowest BCUT2D eigenvalue weighted by Gasteiger charge is -2.34. The van der Waals surface area contributed by atoms with Crippen molar-refractivity contribution in [3.63, 3.8) is 0 Å². The molecule has 8 nitrogen and oxygen atoms in total. The van der Waals surface area contributed by atoms with Crippen molar-refractivity contribution in [2.45, 2.75) is 109 Å². The molecule has 1 heterocycles. The van der Waals surface area contributed by atoms with Crippen molar-refractivity contribution < 1.29 is 9.59 Å². The summed E-state index contributed by atoms with van der Waals surface area (Å²) in [7, 11) is 1.95. The molecule has 0 spiro atoms. The Balaban J connectivity index is 2.11. The van der Waals surface area contributed by atoms with Crippen molar-refractivity contribution in [1.29, 1.82) is 0 Å². The minimum Gasteiger partial charge on any atom is -0.575 e. The Bertz CT molecular complexity index is 614. The summed E-state index contributed by atoms with van der Waals surface area (Å²) in [5.74, 6) is -0.237. The molecule has 1 aliphatic heterocycles. The molecule has 0 bridgehead atoms. The zero-order valence-corrected chi connectivity index (χ0v) is 25.1. The van der Waals surface area contributed by atoms with Crippen LogP contribution in [-0.4, -0.2) is 80.8 Å². The number of hydrogen-bond acceptors (Lipinski definition) is 5. The average Bonchev–Trinajstić information content (AvgIpc) is 2.92. The number of unbranched alkanes of at least 4 members (excludes halogenated alkanes) is 11. The highest BCUT2D eigenvalue weighted by molar-refractivity contribution is 6.24. The molecular formula is C29H56ClN6O2-. The van der Waals surface area contributed by atoms with E-state index in [1.807, 2.05) is 7.05 Å². The van der Waals surface area contributed by atoms with Crippen LogP contribution in [0.1, 0.15) is 103 Å². The summed E-state index contributed by atoms with van der Waals surface area (Å²) in [4.78, 5) is 33.4. The number of amides is 2. The maximum atomic E-state index is 12.7. The maximum absolute atomic E-state index is 12.7. The van der Waals surface area contributed by atoms with Gasteiger partial charge in [0.05, 0.1) is 6.67 Å². The van der Waals surface area contributed by atoms with Crippen molar-refractivity contribution >= 4 is 23.6 Å². The van der Waals surface area contributed by atoms with Gasteiger partial charge in [0.15, 0.2) is 0 Å². The van der Waals surface area contributed by atoms with Crippen LogP contribution < -0.4 is 16.0 Å². The lowest BCUT2D eigenvalue weighted by Crippen LogP contribution is -2.54. The number of carbonyl (C=O) groups excluding carboxylic acids is 2. The first-order valence-electron chi connectivity index (χ1n) is 15.2. The SMILES string of the molecule is CCCCCCCC/C=C\CCCCCCCC(=O)N[C@@H](CC[N-]Cl)C(=O)NCN1CCN(CNC)CC1. The van der Waals surface area contributed by atoms with E-state index in [4.69, 9.17) is 11.8 Å². The Morgan fingerprint density at radius 1 is 0.842 bits per heavy atom. The Labute approximate surface area is 238 Å². The molecule has 0 aromatic heterocycles. The molecule has 38 heavy (non-hydrogen) atoms. The van der Waals surface area contributed by atoms with Gasteiger partial charge in [0.25, 0.3) is 0 Å². The van der Waals surface area contributed by atoms with Crippen LogP contribution in [0.4, 0.5) is 0 Å². The first kappa shape index (κ1) is 34.8. The van der Waals surface area contributed by atoms with Crippen LogP contribution in [-0.2, 0) is 9.59 Å². The lowest BCUT2D eigenvalue weighted by molar-refractivity contribution is -0.129. The number of piperazine rings is 1. The number of hydrogen-bond donors (Lipinski definition) is 3. The van der Waals surface area contributed by atoms with Gasteiger partial charge in [0.2, 0.25) is 11.8 Å². The minimum atomic E-state index is -0.598. The van der Waals surface area contributed by atoms with Crippen molar-refractivity contribution in [3.8, 4) is 0 Å². The van der Waals surface area contributed by atoms with Gasteiger partial charge in [-0.25, -0.2) is 0 Å². The molecule has 222 valence electrons. The molecule has 0 aromatic rings. The standard InChI is InChI=1S/C29H56ClN6O2/c1-3-4-5-6-7-8-9-10-11-12-13-14-15-16-17-18-28(37)34-27(19-20-33-30)29(38)32-26-36-23-21-35(22-24-36)25-31-2/h10-11,27,31H,3-9,12-26H2,1-2H3,(H,32,38)(H,34,37)/q-1/b11-10-/t27-/m0/s1. The summed E-state index contributed by atoms with van der Waals surface area (Å²) in [6.07, 6.45) is 21.5. The van der Waals surface area contributed by atoms with Crippen LogP contribution >= 0.6 is 11.8 Å². The van der Waals surface area contributed by atoms with Crippen LogP contribution in [0.25, 0.3) is 4.84 Å². The summed E-state index contributed by atoms with van der Waals surface area (Å²) in [5, 5.41) is 9.06. The summed E-state index contributed by atoms with van der Waals surface area (Å²) >= 11 is 5.49. The number of carbonyl (C=O) groups is 2. The van der Waals surface area contributed by atoms with Gasteiger partial charge in [-0.3, -0.25) is 31.2 Å². The fourth-order valence-electron chi connectivity index (χ4n) is 4.71. The molecule has 1 atom stereocenters. The molecule has 1 fully saturated rings. The quantitative estimate of drug-likeness (QED) is 0.111. The van der Waals surface area contributed by atoms with Crippen molar-refractivity contribution in [3.05, 3.63) is 17.0 Å². The Kier molecular flexibility index (Phi) is 22.8. The van der Waals surface area contributed by atoms with Crippen LogP contribution in [0.15, 0.2) is 12.2 Å². The third kappa shape index (κ3) is 19.0. The fraction of sp³-hybridized carbons (Fsp3) is 0.862. The minimum absolute atomic E-state index is 0.0713. The van der Waals surface area contributed by atoms with Crippen LogP contribution in [0.3, 0.4) is 0 Å². The predicted octanol–water partition coefficient (Wildman–Crippen LogP) is 5.29. The highest BCUT2D eigenvalue weighted by atomic mass is 35.5. The zero-order chi connectivity index (χ0) is 27.7. The van der Waals surface area contributed by atoms with E-state index in [9.17, 15) is 9.59 Å². The summed E-state index contributed by atoms with van der Waals surface area (Å²) in [6.45, 7) is 7.72. The summed E-state index contributed by atoms with van der Waals surface area (Å²) < 4.78 is 0. The fourth-order valence-corrected chi connectivity index (χ4v) is 4.81. The third-order valence-corrected chi connectivity index (χ3v) is 7.31. The highest BCUT2D eigenvalue weighted by Gasteiger charge is 2.21. The van der Waals surface area contributed by atoms with E-state index in [0.717, 1.165) is 58.5 Å². The zero-order valence-electron chi connectivity index (χ0n) is 24.3. The first-order chi connectivity index (χ1) is 18.6. The first-order valence-corrected chi connectivity index (χ1v) is 15.5. The van der Waals surface area contributed by atoms with Crippen LogP contribution in [0.5, 0.6) is 0 Å². The Morgan fingerprint density at radius 3 is 1.97 bits per heavy atom. The normalized spacial score (nSPS) is 15.7. The number of rotatable bonds is 24. The largest absolute Gasteiger partial charge is 0.575 e. The molecule has 0 aromatic carbocycles. The van der Waals surface area contributed by atoms with Gasteiger partial charge in [0.1, 0.15) is 6.04 Å². The second kappa shape index (κ2) is 24.8. The van der Waals surface area contributed by atoms with Gasteiger partial charge in [-0.1, -0.05) is 70.4 Å². The van der Waals surface area contributed by atoms with Gasteiger partial charge >= 0.3 is 0 Å². The second-order valence-corrected chi connectivity index (χ2v) is 10.8. The van der Waals surface area contributed by atoms with Crippen LogP contribution in [0.2, 0.25) is 0 Å². The molecule has 0 radical (unpaired) electrons. The number of halogens is 1. The van der Waals surface area contributed by atoms with E-state index < -0.39 is 6.04 Å². The topological polar surface area (TPSA) is 90.8 Å². The predicted molar refractivity (Wildman–Crippen MR) is 160 cm³/mol. The van der Waals surface area contributed by atoms with Gasteiger partial charge in [-0.15, -0.1) is 6.54 Å². The molecule has 3 N–H and O–H groups in total. The van der Waals surface area contributed by atoms with E-state index in [1.54, 1.807) is 0 Å². The molecule has 1 aliphatic rings. The van der Waals surface area contributed by atoms with E-state index in [-0.39, 0.29) is 11.8 Å². The third-order valence-electron chi connectivity index (χ3n) is 7.14. The van der Waals surface area contributed by atoms with E-state index >= 15 is 0 Å². The van der Waals surface area contributed by atoms with Crippen molar-refractivity contribution in [2.24, 2.45) is 0 Å². The smallest absolute Gasteiger partial charge is 0.243 e. The monoisotopic (exact) mass is 555 g/mol. The average molecular weight is 556 g/mol. The van der Waals surface area contributed by atoms with E-state index in [1.165, 1.54) is 57.8 Å². The van der Waals surface area contributed by atoms with Gasteiger partial charge in [-0.2, -0.15) is 0 Å². The van der Waals surface area contributed by atoms with Crippen molar-refractivity contribution in [2.75, 3.05) is 53.1 Å².